The largest absolute Gasteiger partial charge is 0.296 e. The van der Waals surface area contributed by atoms with E-state index >= 15 is 0 Å². The quantitative estimate of drug-likeness (QED) is 0.546. The summed E-state index contributed by atoms with van der Waals surface area (Å²) < 4.78 is 1.76. The molecule has 100 valence electrons. The molecule has 3 aromatic heterocycles. The van der Waals surface area contributed by atoms with Gasteiger partial charge >= 0.3 is 0 Å². The van der Waals surface area contributed by atoms with Crippen LogP contribution in [0.4, 0.5) is 0 Å². The number of rotatable bonds is 3. The Morgan fingerprint density at radius 2 is 1.90 bits per heavy atom. The Bertz CT molecular complexity index is 777. The van der Waals surface area contributed by atoms with Gasteiger partial charge in [-0.2, -0.15) is 0 Å². The van der Waals surface area contributed by atoms with Crippen LogP contribution in [0, 0.1) is 13.8 Å². The van der Waals surface area contributed by atoms with Crippen molar-refractivity contribution in [1.82, 2.24) is 19.4 Å². The second kappa shape index (κ2) is 5.05. The van der Waals surface area contributed by atoms with E-state index in [1.807, 2.05) is 44.3 Å². The highest BCUT2D eigenvalue weighted by atomic mass is 32.2. The number of carbonyl (C=O) groups is 1. The summed E-state index contributed by atoms with van der Waals surface area (Å²) in [7, 11) is 0. The van der Waals surface area contributed by atoms with Crippen molar-refractivity contribution in [2.45, 2.75) is 24.0 Å². The minimum atomic E-state index is 0.522. The van der Waals surface area contributed by atoms with E-state index in [1.165, 1.54) is 11.8 Å². The van der Waals surface area contributed by atoms with E-state index in [4.69, 9.17) is 0 Å². The van der Waals surface area contributed by atoms with E-state index in [0.29, 0.717) is 15.9 Å². The molecule has 0 amide bonds. The van der Waals surface area contributed by atoms with Crippen molar-refractivity contribution in [2.75, 3.05) is 0 Å². The highest BCUT2D eigenvalue weighted by Gasteiger charge is 2.14. The minimum absolute atomic E-state index is 0.522. The van der Waals surface area contributed by atoms with Crippen LogP contribution in [-0.2, 0) is 0 Å². The first-order valence-corrected chi connectivity index (χ1v) is 6.91. The molecule has 0 saturated carbocycles. The van der Waals surface area contributed by atoms with Crippen LogP contribution in [0.2, 0.25) is 0 Å². The zero-order valence-corrected chi connectivity index (χ0v) is 11.9. The number of aldehydes is 1. The minimum Gasteiger partial charge on any atom is -0.296 e. The first-order chi connectivity index (χ1) is 9.67. The number of aromatic nitrogens is 4. The fourth-order valence-electron chi connectivity index (χ4n) is 2.00. The Morgan fingerprint density at radius 3 is 2.60 bits per heavy atom. The molecule has 0 spiro atoms. The highest BCUT2D eigenvalue weighted by molar-refractivity contribution is 7.99. The molecule has 0 bridgehead atoms. The molecule has 0 atom stereocenters. The van der Waals surface area contributed by atoms with Crippen LogP contribution < -0.4 is 0 Å². The first kappa shape index (κ1) is 12.8. The maximum atomic E-state index is 11.3. The summed E-state index contributed by atoms with van der Waals surface area (Å²) in [5, 5.41) is 1.23. The van der Waals surface area contributed by atoms with Gasteiger partial charge in [-0.05, 0) is 43.8 Å². The van der Waals surface area contributed by atoms with Crippen molar-refractivity contribution in [3.05, 3.63) is 47.5 Å². The zero-order chi connectivity index (χ0) is 14.1. The number of carbonyl (C=O) groups excluding carboxylic acids is 1. The predicted molar refractivity (Wildman–Crippen MR) is 76.2 cm³/mol. The van der Waals surface area contributed by atoms with Gasteiger partial charge in [-0.15, -0.1) is 0 Å². The maximum absolute atomic E-state index is 11.3. The van der Waals surface area contributed by atoms with Crippen LogP contribution in [-0.4, -0.2) is 25.6 Å². The molecule has 0 N–H and O–H groups in total. The summed E-state index contributed by atoms with van der Waals surface area (Å²) in [4.78, 5) is 24.5. The Kier molecular flexibility index (Phi) is 3.23. The van der Waals surface area contributed by atoms with Gasteiger partial charge in [0.25, 0.3) is 0 Å². The fourth-order valence-corrected chi connectivity index (χ4v) is 2.94. The number of pyridine rings is 1. The average molecular weight is 284 g/mol. The SMILES string of the molecule is Cc1cc(C)nc(Sc2nc3ccccn3c2C=O)n1. The monoisotopic (exact) mass is 284 g/mol. The van der Waals surface area contributed by atoms with E-state index in [9.17, 15) is 4.79 Å². The number of hydrogen-bond donors (Lipinski definition) is 0. The molecule has 20 heavy (non-hydrogen) atoms. The molecule has 5 nitrogen and oxygen atoms in total. The van der Waals surface area contributed by atoms with Crippen LogP contribution in [0.25, 0.3) is 5.65 Å². The summed E-state index contributed by atoms with van der Waals surface area (Å²) in [6.07, 6.45) is 2.63. The van der Waals surface area contributed by atoms with Crippen LogP contribution in [0.3, 0.4) is 0 Å². The second-order valence-electron chi connectivity index (χ2n) is 4.38. The molecule has 0 aromatic carbocycles. The number of imidazole rings is 1. The molecular formula is C14H12N4OS. The number of nitrogens with zero attached hydrogens (tertiary/aromatic N) is 4. The number of fused-ring (bicyclic) bond motifs is 1. The lowest BCUT2D eigenvalue weighted by Crippen LogP contribution is -1.94. The molecular weight excluding hydrogens is 272 g/mol. The summed E-state index contributed by atoms with van der Waals surface area (Å²) in [5.74, 6) is 0. The summed E-state index contributed by atoms with van der Waals surface area (Å²) in [6.45, 7) is 3.84. The maximum Gasteiger partial charge on any atom is 0.194 e. The Labute approximate surface area is 120 Å². The Morgan fingerprint density at radius 1 is 1.15 bits per heavy atom. The second-order valence-corrected chi connectivity index (χ2v) is 5.34. The molecule has 3 rings (SSSR count). The normalized spacial score (nSPS) is 10.9. The smallest absolute Gasteiger partial charge is 0.194 e. The molecule has 3 heterocycles. The van der Waals surface area contributed by atoms with Gasteiger partial charge in [0.05, 0.1) is 0 Å². The van der Waals surface area contributed by atoms with E-state index in [0.717, 1.165) is 23.3 Å². The van der Waals surface area contributed by atoms with Gasteiger partial charge in [-0.25, -0.2) is 15.0 Å². The number of hydrogen-bond acceptors (Lipinski definition) is 5. The van der Waals surface area contributed by atoms with Gasteiger partial charge in [0.1, 0.15) is 16.4 Å². The van der Waals surface area contributed by atoms with Crippen LogP contribution in [0.5, 0.6) is 0 Å². The molecule has 0 fully saturated rings. The van der Waals surface area contributed by atoms with Crippen molar-refractivity contribution >= 4 is 23.7 Å². The van der Waals surface area contributed by atoms with Gasteiger partial charge in [0.2, 0.25) is 0 Å². The molecule has 0 aliphatic heterocycles. The summed E-state index contributed by atoms with van der Waals surface area (Å²) in [6, 6.07) is 7.52. The molecule has 0 aliphatic carbocycles. The molecule has 0 radical (unpaired) electrons. The Hall–Kier alpha value is -2.21. The highest BCUT2D eigenvalue weighted by Crippen LogP contribution is 2.27. The van der Waals surface area contributed by atoms with Gasteiger partial charge < -0.3 is 0 Å². The third-order valence-electron chi connectivity index (χ3n) is 2.79. The molecule has 0 unspecified atom stereocenters. The molecule has 0 saturated heterocycles. The van der Waals surface area contributed by atoms with Crippen LogP contribution >= 0.6 is 11.8 Å². The van der Waals surface area contributed by atoms with Crippen molar-refractivity contribution in [3.63, 3.8) is 0 Å². The Balaban J connectivity index is 2.08. The third-order valence-corrected chi connectivity index (χ3v) is 3.65. The van der Waals surface area contributed by atoms with E-state index < -0.39 is 0 Å². The van der Waals surface area contributed by atoms with Crippen molar-refractivity contribution in [3.8, 4) is 0 Å². The summed E-state index contributed by atoms with van der Waals surface area (Å²) >= 11 is 1.31. The summed E-state index contributed by atoms with van der Waals surface area (Å²) in [5.41, 5.74) is 3.06. The van der Waals surface area contributed by atoms with E-state index in [2.05, 4.69) is 15.0 Å². The van der Waals surface area contributed by atoms with Gasteiger partial charge in [0, 0.05) is 17.6 Å². The van der Waals surface area contributed by atoms with Crippen molar-refractivity contribution in [2.24, 2.45) is 0 Å². The van der Waals surface area contributed by atoms with Gasteiger partial charge in [0.15, 0.2) is 11.4 Å². The third kappa shape index (κ3) is 2.30. The first-order valence-electron chi connectivity index (χ1n) is 6.10. The van der Waals surface area contributed by atoms with Crippen LogP contribution in [0.1, 0.15) is 21.9 Å². The average Bonchev–Trinajstić information content (AvgIpc) is 2.74. The van der Waals surface area contributed by atoms with Crippen molar-refractivity contribution in [1.29, 1.82) is 0 Å². The standard InChI is InChI=1S/C14H12N4OS/c1-9-7-10(2)16-14(15-9)20-13-11(8-19)18-6-4-3-5-12(18)17-13/h3-8H,1-2H3. The topological polar surface area (TPSA) is 60.2 Å². The predicted octanol–water partition coefficient (Wildman–Crippen LogP) is 2.70. The molecule has 3 aromatic rings. The fraction of sp³-hybridized carbons (Fsp3) is 0.143. The molecule has 0 aliphatic rings. The lowest BCUT2D eigenvalue weighted by molar-refractivity contribution is 0.111. The van der Waals surface area contributed by atoms with Gasteiger partial charge in [-0.3, -0.25) is 9.20 Å². The lowest BCUT2D eigenvalue weighted by atomic mass is 10.4. The van der Waals surface area contributed by atoms with E-state index in [1.54, 1.807) is 4.40 Å². The number of aryl methyl sites for hydroxylation is 2. The lowest BCUT2D eigenvalue weighted by Gasteiger charge is -2.01. The molecule has 6 heteroatoms. The van der Waals surface area contributed by atoms with E-state index in [-0.39, 0.29) is 0 Å². The van der Waals surface area contributed by atoms with Gasteiger partial charge in [-0.1, -0.05) is 6.07 Å². The van der Waals surface area contributed by atoms with Crippen LogP contribution in [0.15, 0.2) is 40.6 Å². The zero-order valence-electron chi connectivity index (χ0n) is 11.1. The van der Waals surface area contributed by atoms with Crippen molar-refractivity contribution < 1.29 is 4.79 Å².